The van der Waals surface area contributed by atoms with Gasteiger partial charge in [0.2, 0.25) is 0 Å². The third-order valence-corrected chi connectivity index (χ3v) is 4.56. The lowest BCUT2D eigenvalue weighted by atomic mass is 10.4. The van der Waals surface area contributed by atoms with Gasteiger partial charge in [0.05, 0.1) is 0 Å². The maximum Gasteiger partial charge on any atom is 0.150 e. The normalized spacial score (nSPS) is 18.2. The van der Waals surface area contributed by atoms with Crippen molar-refractivity contribution in [1.82, 2.24) is 15.2 Å². The Morgan fingerprint density at radius 1 is 1.53 bits per heavy atom. The molecule has 2 heterocycles. The summed E-state index contributed by atoms with van der Waals surface area (Å²) in [6.07, 6.45) is 0. The van der Waals surface area contributed by atoms with Crippen molar-refractivity contribution >= 4 is 23.1 Å². The first-order chi connectivity index (χ1) is 7.34. The van der Waals surface area contributed by atoms with Crippen LogP contribution in [-0.2, 0) is 0 Å². The van der Waals surface area contributed by atoms with Gasteiger partial charge in [-0.2, -0.15) is 0 Å². The first-order valence-corrected chi connectivity index (χ1v) is 7.19. The zero-order valence-corrected chi connectivity index (χ0v) is 10.7. The Balaban J connectivity index is 1.65. The molecular weight excluding hydrogens is 226 g/mol. The van der Waals surface area contributed by atoms with Crippen LogP contribution in [0.25, 0.3) is 0 Å². The highest BCUT2D eigenvalue weighted by molar-refractivity contribution is 8.01. The Hall–Kier alpha value is -0.100. The molecule has 0 amide bonds. The minimum Gasteiger partial charge on any atom is -0.314 e. The van der Waals surface area contributed by atoms with Crippen LogP contribution < -0.4 is 5.32 Å². The largest absolute Gasteiger partial charge is 0.314 e. The number of hydrogen-bond donors (Lipinski definition) is 1. The van der Waals surface area contributed by atoms with Crippen molar-refractivity contribution in [3.05, 3.63) is 11.1 Å². The lowest BCUT2D eigenvalue weighted by Gasteiger charge is -2.26. The Kier molecular flexibility index (Phi) is 4.43. The van der Waals surface area contributed by atoms with E-state index in [4.69, 9.17) is 0 Å². The second kappa shape index (κ2) is 5.84. The molecule has 1 aromatic rings. The van der Waals surface area contributed by atoms with Gasteiger partial charge < -0.3 is 5.32 Å². The molecule has 0 radical (unpaired) electrons. The molecule has 0 unspecified atom stereocenters. The van der Waals surface area contributed by atoms with Crippen molar-refractivity contribution in [1.29, 1.82) is 0 Å². The van der Waals surface area contributed by atoms with E-state index >= 15 is 0 Å². The summed E-state index contributed by atoms with van der Waals surface area (Å²) < 4.78 is 1.21. The SMILES string of the molecule is Cc1csc(SCCN2CCNCC2)n1. The van der Waals surface area contributed by atoms with Crippen LogP contribution in [0, 0.1) is 6.92 Å². The van der Waals surface area contributed by atoms with E-state index in [1.54, 1.807) is 11.3 Å². The number of piperazine rings is 1. The van der Waals surface area contributed by atoms with Crippen molar-refractivity contribution in [3.8, 4) is 0 Å². The molecule has 0 aliphatic carbocycles. The summed E-state index contributed by atoms with van der Waals surface area (Å²) in [5.74, 6) is 1.16. The van der Waals surface area contributed by atoms with E-state index in [1.165, 1.54) is 24.0 Å². The van der Waals surface area contributed by atoms with E-state index in [0.717, 1.165) is 24.5 Å². The van der Waals surface area contributed by atoms with Gasteiger partial charge in [-0.1, -0.05) is 11.8 Å². The third-order valence-electron chi connectivity index (χ3n) is 2.44. The molecule has 1 aliphatic rings. The molecule has 0 spiro atoms. The van der Waals surface area contributed by atoms with Gasteiger partial charge in [-0.05, 0) is 6.92 Å². The molecule has 1 saturated heterocycles. The van der Waals surface area contributed by atoms with Gasteiger partial charge in [0, 0.05) is 49.6 Å². The summed E-state index contributed by atoms with van der Waals surface area (Å²) in [4.78, 5) is 6.96. The molecule has 0 atom stereocenters. The van der Waals surface area contributed by atoms with E-state index in [-0.39, 0.29) is 0 Å². The van der Waals surface area contributed by atoms with Gasteiger partial charge in [0.15, 0.2) is 0 Å². The molecule has 3 nitrogen and oxygen atoms in total. The van der Waals surface area contributed by atoms with E-state index in [0.29, 0.717) is 0 Å². The van der Waals surface area contributed by atoms with Crippen molar-refractivity contribution in [2.24, 2.45) is 0 Å². The maximum atomic E-state index is 4.44. The van der Waals surface area contributed by atoms with Gasteiger partial charge in [-0.15, -0.1) is 11.3 Å². The minimum absolute atomic E-state index is 1.14. The average molecular weight is 243 g/mol. The fourth-order valence-electron chi connectivity index (χ4n) is 1.60. The second-order valence-corrected chi connectivity index (χ2v) is 5.90. The van der Waals surface area contributed by atoms with Gasteiger partial charge in [-0.3, -0.25) is 4.90 Å². The maximum absolute atomic E-state index is 4.44. The number of rotatable bonds is 4. The fourth-order valence-corrected chi connectivity index (χ4v) is 3.52. The van der Waals surface area contributed by atoms with Crippen LogP contribution in [0.3, 0.4) is 0 Å². The predicted molar refractivity (Wildman–Crippen MR) is 66.9 cm³/mol. The zero-order chi connectivity index (χ0) is 10.5. The highest BCUT2D eigenvalue weighted by Gasteiger charge is 2.09. The van der Waals surface area contributed by atoms with Crippen molar-refractivity contribution < 1.29 is 0 Å². The summed E-state index contributed by atoms with van der Waals surface area (Å²) in [6.45, 7) is 7.90. The molecular formula is C10H17N3S2. The monoisotopic (exact) mass is 243 g/mol. The van der Waals surface area contributed by atoms with E-state index in [1.807, 2.05) is 11.8 Å². The van der Waals surface area contributed by atoms with Crippen LogP contribution in [0.5, 0.6) is 0 Å². The van der Waals surface area contributed by atoms with Crippen molar-refractivity contribution in [2.45, 2.75) is 11.3 Å². The lowest BCUT2D eigenvalue weighted by molar-refractivity contribution is 0.255. The molecule has 1 aromatic heterocycles. The zero-order valence-electron chi connectivity index (χ0n) is 9.03. The van der Waals surface area contributed by atoms with E-state index in [2.05, 4.69) is 27.5 Å². The fraction of sp³-hybridized carbons (Fsp3) is 0.700. The first-order valence-electron chi connectivity index (χ1n) is 5.32. The Labute approximate surface area is 99.3 Å². The van der Waals surface area contributed by atoms with Crippen LogP contribution in [0.4, 0.5) is 0 Å². The number of thiazole rings is 1. The van der Waals surface area contributed by atoms with Crippen LogP contribution in [0.2, 0.25) is 0 Å². The highest BCUT2D eigenvalue weighted by atomic mass is 32.2. The lowest BCUT2D eigenvalue weighted by Crippen LogP contribution is -2.44. The van der Waals surface area contributed by atoms with Crippen LogP contribution in [0.15, 0.2) is 9.72 Å². The second-order valence-electron chi connectivity index (χ2n) is 3.69. The summed E-state index contributed by atoms with van der Waals surface area (Å²) in [5, 5.41) is 5.49. The first kappa shape index (κ1) is 11.4. The number of thioether (sulfide) groups is 1. The van der Waals surface area contributed by atoms with Crippen molar-refractivity contribution in [2.75, 3.05) is 38.5 Å². The minimum atomic E-state index is 1.14. The van der Waals surface area contributed by atoms with Crippen LogP contribution >= 0.6 is 23.1 Å². The molecule has 84 valence electrons. The number of hydrogen-bond acceptors (Lipinski definition) is 5. The van der Waals surface area contributed by atoms with Gasteiger partial charge in [0.25, 0.3) is 0 Å². The molecule has 5 heteroatoms. The van der Waals surface area contributed by atoms with E-state index in [9.17, 15) is 0 Å². The molecule has 1 fully saturated rings. The summed E-state index contributed by atoms with van der Waals surface area (Å²) >= 11 is 3.64. The Bertz CT molecular complexity index is 295. The Morgan fingerprint density at radius 2 is 2.33 bits per heavy atom. The Morgan fingerprint density at radius 3 is 3.00 bits per heavy atom. The molecule has 2 rings (SSSR count). The number of aryl methyl sites for hydroxylation is 1. The molecule has 1 N–H and O–H groups in total. The van der Waals surface area contributed by atoms with Crippen molar-refractivity contribution in [3.63, 3.8) is 0 Å². The molecule has 0 aromatic carbocycles. The summed E-state index contributed by atoms with van der Waals surface area (Å²) in [7, 11) is 0. The molecule has 15 heavy (non-hydrogen) atoms. The number of nitrogens with one attached hydrogen (secondary N) is 1. The quantitative estimate of drug-likeness (QED) is 0.810. The predicted octanol–water partition coefficient (Wildman–Crippen LogP) is 1.45. The molecule has 1 aliphatic heterocycles. The van der Waals surface area contributed by atoms with Crippen LogP contribution in [0.1, 0.15) is 5.69 Å². The highest BCUT2D eigenvalue weighted by Crippen LogP contribution is 2.22. The topological polar surface area (TPSA) is 28.2 Å². The smallest absolute Gasteiger partial charge is 0.150 e. The number of aromatic nitrogens is 1. The van der Waals surface area contributed by atoms with Gasteiger partial charge >= 0.3 is 0 Å². The van der Waals surface area contributed by atoms with Gasteiger partial charge in [-0.25, -0.2) is 4.98 Å². The molecule has 0 saturated carbocycles. The third kappa shape index (κ3) is 3.75. The van der Waals surface area contributed by atoms with E-state index < -0.39 is 0 Å². The molecule has 0 bridgehead atoms. The number of nitrogens with zero attached hydrogens (tertiary/aromatic N) is 2. The average Bonchev–Trinajstić information content (AvgIpc) is 2.66. The summed E-state index contributed by atoms with van der Waals surface area (Å²) in [6, 6.07) is 0. The summed E-state index contributed by atoms with van der Waals surface area (Å²) in [5.41, 5.74) is 1.14. The van der Waals surface area contributed by atoms with Gasteiger partial charge in [0.1, 0.15) is 4.34 Å². The van der Waals surface area contributed by atoms with Crippen LogP contribution in [-0.4, -0.2) is 48.4 Å². The standard InChI is InChI=1S/C10H17N3S2/c1-9-8-15-10(12-9)14-7-6-13-4-2-11-3-5-13/h8,11H,2-7H2,1H3.